The summed E-state index contributed by atoms with van der Waals surface area (Å²) in [5, 5.41) is 9.53. The molecule has 3 N–H and O–H groups in total. The summed E-state index contributed by atoms with van der Waals surface area (Å²) in [6.45, 7) is 2.10. The summed E-state index contributed by atoms with van der Waals surface area (Å²) < 4.78 is 12.8. The summed E-state index contributed by atoms with van der Waals surface area (Å²) in [6, 6.07) is 4.60. The molecule has 0 spiro atoms. The van der Waals surface area contributed by atoms with E-state index >= 15 is 0 Å². The van der Waals surface area contributed by atoms with Crippen LogP contribution in [0.2, 0.25) is 0 Å². The summed E-state index contributed by atoms with van der Waals surface area (Å²) in [4.78, 5) is 0. The van der Waals surface area contributed by atoms with Crippen molar-refractivity contribution in [2.45, 2.75) is 19.4 Å². The summed E-state index contributed by atoms with van der Waals surface area (Å²) in [5.41, 5.74) is 6.58. The molecular weight excluding hydrogens is 169 g/mol. The molecule has 72 valence electrons. The van der Waals surface area contributed by atoms with E-state index in [1.807, 2.05) is 0 Å². The Morgan fingerprint density at radius 1 is 1.54 bits per heavy atom. The minimum absolute atomic E-state index is 0.247. The standard InChI is InChI=1S/C10H14FNO/c1-7-6-8(2-3-9(7)11)10(13)4-5-12/h2-3,6,10,13H,4-5,12H2,1H3/t10-/m0/s1. The molecular formula is C10H14FNO. The Bertz CT molecular complexity index is 288. The average Bonchev–Trinajstić information content (AvgIpc) is 2.10. The zero-order valence-electron chi connectivity index (χ0n) is 7.63. The Labute approximate surface area is 77.2 Å². The van der Waals surface area contributed by atoms with Crippen molar-refractivity contribution < 1.29 is 9.50 Å². The first-order chi connectivity index (χ1) is 6.15. The molecule has 0 amide bonds. The zero-order chi connectivity index (χ0) is 9.84. The van der Waals surface area contributed by atoms with Gasteiger partial charge in [0.25, 0.3) is 0 Å². The molecule has 0 aliphatic rings. The first kappa shape index (κ1) is 10.2. The number of benzene rings is 1. The van der Waals surface area contributed by atoms with Crippen LogP contribution < -0.4 is 5.73 Å². The smallest absolute Gasteiger partial charge is 0.126 e. The summed E-state index contributed by atoms with van der Waals surface area (Å²) in [7, 11) is 0. The second-order valence-electron chi connectivity index (χ2n) is 3.10. The van der Waals surface area contributed by atoms with Gasteiger partial charge in [0.05, 0.1) is 6.10 Å². The van der Waals surface area contributed by atoms with Crippen LogP contribution in [0.15, 0.2) is 18.2 Å². The van der Waals surface area contributed by atoms with Gasteiger partial charge in [-0.3, -0.25) is 0 Å². The van der Waals surface area contributed by atoms with Crippen LogP contribution in [0.25, 0.3) is 0 Å². The van der Waals surface area contributed by atoms with Crippen LogP contribution in [0.4, 0.5) is 4.39 Å². The third-order valence-electron chi connectivity index (χ3n) is 2.01. The lowest BCUT2D eigenvalue weighted by molar-refractivity contribution is 0.170. The van der Waals surface area contributed by atoms with Crippen molar-refractivity contribution in [1.82, 2.24) is 0 Å². The maximum absolute atomic E-state index is 12.8. The molecule has 0 aliphatic carbocycles. The molecule has 1 aromatic rings. The van der Waals surface area contributed by atoms with Gasteiger partial charge in [-0.2, -0.15) is 0 Å². The van der Waals surface area contributed by atoms with E-state index < -0.39 is 6.10 Å². The number of halogens is 1. The second kappa shape index (κ2) is 4.35. The largest absolute Gasteiger partial charge is 0.388 e. The molecule has 0 aliphatic heterocycles. The van der Waals surface area contributed by atoms with Crippen molar-refractivity contribution >= 4 is 0 Å². The molecule has 0 saturated heterocycles. The molecule has 13 heavy (non-hydrogen) atoms. The number of aliphatic hydroxyl groups is 1. The van der Waals surface area contributed by atoms with Crippen LogP contribution in [0.5, 0.6) is 0 Å². The minimum atomic E-state index is -0.579. The van der Waals surface area contributed by atoms with E-state index in [2.05, 4.69) is 0 Å². The van der Waals surface area contributed by atoms with Gasteiger partial charge >= 0.3 is 0 Å². The van der Waals surface area contributed by atoms with Gasteiger partial charge in [0, 0.05) is 0 Å². The van der Waals surface area contributed by atoms with Crippen LogP contribution >= 0.6 is 0 Å². The highest BCUT2D eigenvalue weighted by molar-refractivity contribution is 5.25. The molecule has 0 aromatic heterocycles. The van der Waals surface area contributed by atoms with Crippen molar-refractivity contribution in [1.29, 1.82) is 0 Å². The molecule has 1 aromatic carbocycles. The third-order valence-corrected chi connectivity index (χ3v) is 2.01. The van der Waals surface area contributed by atoms with Crippen LogP contribution in [0.3, 0.4) is 0 Å². The van der Waals surface area contributed by atoms with Gasteiger partial charge in [0.1, 0.15) is 5.82 Å². The van der Waals surface area contributed by atoms with E-state index in [1.54, 1.807) is 19.1 Å². The Kier molecular flexibility index (Phi) is 3.39. The van der Waals surface area contributed by atoms with Gasteiger partial charge in [-0.25, -0.2) is 4.39 Å². The molecule has 3 heteroatoms. The lowest BCUT2D eigenvalue weighted by atomic mass is 10.0. The molecule has 0 bridgehead atoms. The minimum Gasteiger partial charge on any atom is -0.388 e. The van der Waals surface area contributed by atoms with Gasteiger partial charge in [-0.15, -0.1) is 0 Å². The summed E-state index contributed by atoms with van der Waals surface area (Å²) >= 11 is 0. The van der Waals surface area contributed by atoms with Crippen molar-refractivity contribution in [3.63, 3.8) is 0 Å². The number of aliphatic hydroxyl groups excluding tert-OH is 1. The van der Waals surface area contributed by atoms with E-state index in [0.717, 1.165) is 5.56 Å². The fourth-order valence-electron chi connectivity index (χ4n) is 1.20. The second-order valence-corrected chi connectivity index (χ2v) is 3.10. The Hall–Kier alpha value is -0.930. The van der Waals surface area contributed by atoms with Gasteiger partial charge in [-0.1, -0.05) is 12.1 Å². The molecule has 1 rings (SSSR count). The third kappa shape index (κ3) is 2.50. The monoisotopic (exact) mass is 183 g/mol. The molecule has 0 saturated carbocycles. The van der Waals surface area contributed by atoms with E-state index in [4.69, 9.17) is 5.73 Å². The number of nitrogens with two attached hydrogens (primary N) is 1. The predicted molar refractivity (Wildman–Crippen MR) is 49.8 cm³/mol. The van der Waals surface area contributed by atoms with Gasteiger partial charge < -0.3 is 10.8 Å². The fourth-order valence-corrected chi connectivity index (χ4v) is 1.20. The fraction of sp³-hybridized carbons (Fsp3) is 0.400. The molecule has 1 atom stereocenters. The van der Waals surface area contributed by atoms with Crippen LogP contribution in [0, 0.1) is 12.7 Å². The highest BCUT2D eigenvalue weighted by Crippen LogP contribution is 2.18. The Balaban J connectivity index is 2.84. The highest BCUT2D eigenvalue weighted by atomic mass is 19.1. The van der Waals surface area contributed by atoms with Gasteiger partial charge in [0.2, 0.25) is 0 Å². The molecule has 0 unspecified atom stereocenters. The lowest BCUT2D eigenvalue weighted by Crippen LogP contribution is -2.06. The maximum Gasteiger partial charge on any atom is 0.126 e. The first-order valence-corrected chi connectivity index (χ1v) is 4.29. The first-order valence-electron chi connectivity index (χ1n) is 4.29. The SMILES string of the molecule is Cc1cc([C@@H](O)CCN)ccc1F. The highest BCUT2D eigenvalue weighted by Gasteiger charge is 2.07. The Morgan fingerprint density at radius 2 is 2.23 bits per heavy atom. The van der Waals surface area contributed by atoms with E-state index in [0.29, 0.717) is 18.5 Å². The average molecular weight is 183 g/mol. The summed E-state index contributed by atoms with van der Waals surface area (Å²) in [5.74, 6) is -0.247. The van der Waals surface area contributed by atoms with Crippen molar-refractivity contribution in [2.24, 2.45) is 5.73 Å². The van der Waals surface area contributed by atoms with Gasteiger partial charge in [0.15, 0.2) is 0 Å². The molecule has 2 nitrogen and oxygen atoms in total. The van der Waals surface area contributed by atoms with Crippen molar-refractivity contribution in [3.05, 3.63) is 35.1 Å². The van der Waals surface area contributed by atoms with Crippen molar-refractivity contribution in [2.75, 3.05) is 6.54 Å². The zero-order valence-corrected chi connectivity index (χ0v) is 7.63. The van der Waals surface area contributed by atoms with E-state index in [-0.39, 0.29) is 5.82 Å². The van der Waals surface area contributed by atoms with Gasteiger partial charge in [-0.05, 0) is 37.1 Å². The van der Waals surface area contributed by atoms with Crippen LogP contribution in [0.1, 0.15) is 23.7 Å². The number of rotatable bonds is 3. The van der Waals surface area contributed by atoms with Crippen molar-refractivity contribution in [3.8, 4) is 0 Å². The quantitative estimate of drug-likeness (QED) is 0.746. The number of hydrogen-bond donors (Lipinski definition) is 2. The number of hydrogen-bond acceptors (Lipinski definition) is 2. The normalized spacial score (nSPS) is 12.9. The molecule has 0 radical (unpaired) electrons. The van der Waals surface area contributed by atoms with E-state index in [9.17, 15) is 9.50 Å². The summed E-state index contributed by atoms with van der Waals surface area (Å²) in [6.07, 6.45) is -0.0743. The van der Waals surface area contributed by atoms with E-state index in [1.165, 1.54) is 6.07 Å². The topological polar surface area (TPSA) is 46.2 Å². The van der Waals surface area contributed by atoms with Crippen LogP contribution in [-0.4, -0.2) is 11.7 Å². The molecule has 0 heterocycles. The maximum atomic E-state index is 12.8. The number of aryl methyl sites for hydroxylation is 1. The Morgan fingerprint density at radius 3 is 2.77 bits per heavy atom. The van der Waals surface area contributed by atoms with Crippen LogP contribution in [-0.2, 0) is 0 Å². The lowest BCUT2D eigenvalue weighted by Gasteiger charge is -2.10. The molecule has 0 fully saturated rings. The predicted octanol–water partition coefficient (Wildman–Crippen LogP) is 1.52.